The van der Waals surface area contributed by atoms with E-state index in [1.54, 1.807) is 21.3 Å². The van der Waals surface area contributed by atoms with Gasteiger partial charge in [-0.1, -0.05) is 12.1 Å². The predicted molar refractivity (Wildman–Crippen MR) is 62.5 cm³/mol. The molecule has 0 aliphatic rings. The van der Waals surface area contributed by atoms with Gasteiger partial charge in [-0.25, -0.2) is 0 Å². The minimum atomic E-state index is -0.758. The van der Waals surface area contributed by atoms with E-state index in [4.69, 9.17) is 19.9 Å². The molecule has 0 amide bonds. The molecule has 0 aliphatic carbocycles. The maximum Gasteiger partial charge on any atom is 0.183 e. The highest BCUT2D eigenvalue weighted by Gasteiger charge is 2.28. The van der Waals surface area contributed by atoms with Crippen LogP contribution in [0.3, 0.4) is 0 Å². The van der Waals surface area contributed by atoms with Crippen molar-refractivity contribution in [3.63, 3.8) is 0 Å². The van der Waals surface area contributed by atoms with Crippen molar-refractivity contribution in [1.29, 1.82) is 0 Å². The molecular formula is C12H19NO3. The smallest absolute Gasteiger partial charge is 0.183 e. The van der Waals surface area contributed by atoms with Crippen molar-refractivity contribution in [1.82, 2.24) is 0 Å². The van der Waals surface area contributed by atoms with E-state index < -0.39 is 5.79 Å². The Bertz CT molecular complexity index is 316. The molecule has 16 heavy (non-hydrogen) atoms. The summed E-state index contributed by atoms with van der Waals surface area (Å²) in [5.74, 6) is 0.0578. The van der Waals surface area contributed by atoms with Gasteiger partial charge in [-0.05, 0) is 17.7 Å². The van der Waals surface area contributed by atoms with E-state index in [2.05, 4.69) is 0 Å². The van der Waals surface area contributed by atoms with Gasteiger partial charge in [0.15, 0.2) is 5.79 Å². The molecule has 4 nitrogen and oxygen atoms in total. The summed E-state index contributed by atoms with van der Waals surface area (Å²) in [5, 5.41) is 0. The minimum absolute atomic E-state index is 0.303. The summed E-state index contributed by atoms with van der Waals surface area (Å²) in [6.45, 7) is 0.303. The van der Waals surface area contributed by atoms with Crippen LogP contribution in [0.5, 0.6) is 5.75 Å². The van der Waals surface area contributed by atoms with Gasteiger partial charge in [0.25, 0.3) is 0 Å². The largest absolute Gasteiger partial charge is 0.497 e. The highest BCUT2D eigenvalue weighted by Crippen LogP contribution is 2.20. The summed E-state index contributed by atoms with van der Waals surface area (Å²) in [7, 11) is 4.83. The number of ether oxygens (including phenoxy) is 3. The molecule has 0 aromatic heterocycles. The first-order valence-corrected chi connectivity index (χ1v) is 5.13. The maximum absolute atomic E-state index is 5.67. The molecule has 0 spiro atoms. The van der Waals surface area contributed by atoms with E-state index in [1.807, 2.05) is 24.3 Å². The Kier molecular flexibility index (Phi) is 4.73. The van der Waals surface area contributed by atoms with E-state index >= 15 is 0 Å². The summed E-state index contributed by atoms with van der Waals surface area (Å²) in [4.78, 5) is 0. The molecule has 0 radical (unpaired) electrons. The second kappa shape index (κ2) is 5.84. The number of hydrogen-bond acceptors (Lipinski definition) is 4. The average Bonchev–Trinajstić information content (AvgIpc) is 2.36. The first-order chi connectivity index (χ1) is 7.69. The highest BCUT2D eigenvalue weighted by molar-refractivity contribution is 5.29. The van der Waals surface area contributed by atoms with Crippen LogP contribution in [0.4, 0.5) is 0 Å². The summed E-state index contributed by atoms with van der Waals surface area (Å²) >= 11 is 0. The third-order valence-electron chi connectivity index (χ3n) is 2.66. The second-order valence-electron chi connectivity index (χ2n) is 3.55. The monoisotopic (exact) mass is 225 g/mol. The van der Waals surface area contributed by atoms with Crippen molar-refractivity contribution < 1.29 is 14.2 Å². The zero-order valence-corrected chi connectivity index (χ0v) is 10.0. The second-order valence-corrected chi connectivity index (χ2v) is 3.55. The third kappa shape index (κ3) is 2.95. The molecule has 2 N–H and O–H groups in total. The van der Waals surface area contributed by atoms with Gasteiger partial charge in [0.05, 0.1) is 7.11 Å². The molecule has 0 bridgehead atoms. The van der Waals surface area contributed by atoms with Gasteiger partial charge >= 0.3 is 0 Å². The quantitative estimate of drug-likeness (QED) is 0.739. The molecule has 90 valence electrons. The topological polar surface area (TPSA) is 53.7 Å². The molecule has 0 fully saturated rings. The normalized spacial score (nSPS) is 11.5. The van der Waals surface area contributed by atoms with Crippen LogP contribution in [-0.2, 0) is 15.9 Å². The Labute approximate surface area is 96.3 Å². The van der Waals surface area contributed by atoms with Gasteiger partial charge in [0.2, 0.25) is 0 Å². The molecule has 0 atom stereocenters. The first-order valence-electron chi connectivity index (χ1n) is 5.13. The zero-order chi connectivity index (χ0) is 12.0. The van der Waals surface area contributed by atoms with Gasteiger partial charge in [-0.3, -0.25) is 0 Å². The van der Waals surface area contributed by atoms with Gasteiger partial charge in [0, 0.05) is 27.2 Å². The fourth-order valence-corrected chi connectivity index (χ4v) is 1.56. The Hall–Kier alpha value is -1.10. The molecule has 0 aliphatic heterocycles. The summed E-state index contributed by atoms with van der Waals surface area (Å²) in [5.41, 5.74) is 6.73. The lowest BCUT2D eigenvalue weighted by Crippen LogP contribution is -2.43. The van der Waals surface area contributed by atoms with Crippen molar-refractivity contribution in [3.8, 4) is 5.75 Å². The number of methoxy groups -OCH3 is 3. The fraction of sp³-hybridized carbons (Fsp3) is 0.500. The lowest BCUT2D eigenvalue weighted by molar-refractivity contribution is -0.197. The molecule has 0 unspecified atom stereocenters. The summed E-state index contributed by atoms with van der Waals surface area (Å²) < 4.78 is 15.8. The fourth-order valence-electron chi connectivity index (χ4n) is 1.56. The van der Waals surface area contributed by atoms with Crippen molar-refractivity contribution in [2.45, 2.75) is 12.2 Å². The standard InChI is InChI=1S/C12H19NO3/c1-14-11-6-4-5-10(7-11)8-12(9-13,15-2)16-3/h4-7H,8-9,13H2,1-3H3. The lowest BCUT2D eigenvalue weighted by Gasteiger charge is -2.29. The average molecular weight is 225 g/mol. The van der Waals surface area contributed by atoms with Crippen molar-refractivity contribution in [2.75, 3.05) is 27.9 Å². The van der Waals surface area contributed by atoms with Gasteiger partial charge < -0.3 is 19.9 Å². The molecule has 1 aromatic carbocycles. The first kappa shape index (κ1) is 13.0. The zero-order valence-electron chi connectivity index (χ0n) is 10.0. The van der Waals surface area contributed by atoms with E-state index in [0.717, 1.165) is 11.3 Å². The van der Waals surface area contributed by atoms with Crippen molar-refractivity contribution >= 4 is 0 Å². The van der Waals surface area contributed by atoms with Crippen molar-refractivity contribution in [3.05, 3.63) is 29.8 Å². The Morgan fingerprint density at radius 3 is 2.38 bits per heavy atom. The summed E-state index contributed by atoms with van der Waals surface area (Å²) in [6, 6.07) is 7.77. The van der Waals surface area contributed by atoms with E-state index in [9.17, 15) is 0 Å². The number of benzene rings is 1. The molecule has 0 saturated heterocycles. The van der Waals surface area contributed by atoms with Crippen LogP contribution in [0.15, 0.2) is 24.3 Å². The van der Waals surface area contributed by atoms with Crippen LogP contribution in [0, 0.1) is 0 Å². The maximum atomic E-state index is 5.67. The number of hydrogen-bond donors (Lipinski definition) is 1. The van der Waals surface area contributed by atoms with Crippen LogP contribution in [0.1, 0.15) is 5.56 Å². The minimum Gasteiger partial charge on any atom is -0.497 e. The lowest BCUT2D eigenvalue weighted by atomic mass is 10.0. The molecular weight excluding hydrogens is 206 g/mol. The molecule has 1 rings (SSSR count). The van der Waals surface area contributed by atoms with Crippen molar-refractivity contribution in [2.24, 2.45) is 5.73 Å². The van der Waals surface area contributed by atoms with E-state index in [1.165, 1.54) is 0 Å². The van der Waals surface area contributed by atoms with Crippen LogP contribution in [0.2, 0.25) is 0 Å². The summed E-state index contributed by atoms with van der Waals surface area (Å²) in [6.07, 6.45) is 0.591. The highest BCUT2D eigenvalue weighted by atomic mass is 16.7. The molecule has 4 heteroatoms. The Morgan fingerprint density at radius 1 is 1.19 bits per heavy atom. The SMILES string of the molecule is COc1cccc(CC(CN)(OC)OC)c1. The van der Waals surface area contributed by atoms with Crippen LogP contribution in [-0.4, -0.2) is 33.7 Å². The van der Waals surface area contributed by atoms with Gasteiger partial charge in [-0.2, -0.15) is 0 Å². The molecule has 0 saturated carbocycles. The third-order valence-corrected chi connectivity index (χ3v) is 2.66. The Balaban J connectivity index is 2.84. The van der Waals surface area contributed by atoms with Gasteiger partial charge in [-0.15, -0.1) is 0 Å². The van der Waals surface area contributed by atoms with Gasteiger partial charge in [0.1, 0.15) is 5.75 Å². The van der Waals surface area contributed by atoms with Crippen LogP contribution >= 0.6 is 0 Å². The van der Waals surface area contributed by atoms with E-state index in [-0.39, 0.29) is 0 Å². The molecule has 1 aromatic rings. The van der Waals surface area contributed by atoms with E-state index in [0.29, 0.717) is 13.0 Å². The predicted octanol–water partition coefficient (Wildman–Crippen LogP) is 1.19. The number of rotatable bonds is 6. The molecule has 0 heterocycles. The van der Waals surface area contributed by atoms with Crippen LogP contribution < -0.4 is 10.5 Å². The Morgan fingerprint density at radius 2 is 1.88 bits per heavy atom. The number of nitrogens with two attached hydrogens (primary N) is 1. The van der Waals surface area contributed by atoms with Crippen LogP contribution in [0.25, 0.3) is 0 Å².